The minimum absolute atomic E-state index is 0.0114. The second-order valence-corrected chi connectivity index (χ2v) is 3.79. The van der Waals surface area contributed by atoms with Crippen LogP contribution in [0, 0.1) is 0 Å². The monoisotopic (exact) mass is 182 g/mol. The van der Waals surface area contributed by atoms with Crippen molar-refractivity contribution in [3.63, 3.8) is 0 Å². The number of hydrogen-bond donors (Lipinski definition) is 0. The summed E-state index contributed by atoms with van der Waals surface area (Å²) < 4.78 is 0. The maximum absolute atomic E-state index is 11.6. The third-order valence-corrected chi connectivity index (χ3v) is 3.07. The predicted molar refractivity (Wildman–Crippen MR) is 47.2 cm³/mol. The van der Waals surface area contributed by atoms with E-state index in [1.54, 1.807) is 4.90 Å². The first-order valence-electron chi connectivity index (χ1n) is 4.70. The fourth-order valence-corrected chi connectivity index (χ4v) is 2.25. The van der Waals surface area contributed by atoms with Crippen LogP contribution in [0.25, 0.3) is 0 Å². The Balaban J connectivity index is 2.14. The smallest absolute Gasteiger partial charge is 0.239 e. The van der Waals surface area contributed by atoms with E-state index in [0.717, 1.165) is 32.2 Å². The molecule has 0 bridgehead atoms. The van der Waals surface area contributed by atoms with Crippen molar-refractivity contribution in [1.82, 2.24) is 9.80 Å². The Morgan fingerprint density at radius 2 is 2.15 bits per heavy atom. The standard InChI is InChI=1S/C9H14N2O2/c1-10-4-5-11-7(6-12)2-3-8(11)9(10)13/h6-8H,2-5H2,1H3/t7-,8+/m1/s1. The number of carbonyl (C=O) groups excluding carboxylic acids is 2. The molecule has 4 nitrogen and oxygen atoms in total. The number of aldehydes is 1. The molecule has 0 aliphatic carbocycles. The molecule has 2 atom stereocenters. The van der Waals surface area contributed by atoms with E-state index in [4.69, 9.17) is 0 Å². The van der Waals surface area contributed by atoms with Crippen LogP contribution in [0.5, 0.6) is 0 Å². The maximum Gasteiger partial charge on any atom is 0.239 e. The van der Waals surface area contributed by atoms with E-state index in [-0.39, 0.29) is 18.0 Å². The Labute approximate surface area is 77.5 Å². The number of fused-ring (bicyclic) bond motifs is 1. The van der Waals surface area contributed by atoms with Crippen molar-refractivity contribution >= 4 is 12.2 Å². The van der Waals surface area contributed by atoms with Gasteiger partial charge in [-0.15, -0.1) is 0 Å². The Morgan fingerprint density at radius 1 is 1.38 bits per heavy atom. The van der Waals surface area contributed by atoms with Crippen LogP contribution in [0.1, 0.15) is 12.8 Å². The van der Waals surface area contributed by atoms with Crippen molar-refractivity contribution < 1.29 is 9.59 Å². The van der Waals surface area contributed by atoms with Crippen molar-refractivity contribution in [3.8, 4) is 0 Å². The average Bonchev–Trinajstić information content (AvgIpc) is 2.55. The van der Waals surface area contributed by atoms with Gasteiger partial charge in [-0.1, -0.05) is 0 Å². The van der Waals surface area contributed by atoms with E-state index in [9.17, 15) is 9.59 Å². The molecule has 13 heavy (non-hydrogen) atoms. The van der Waals surface area contributed by atoms with E-state index in [0.29, 0.717) is 0 Å². The first kappa shape index (κ1) is 8.69. The lowest BCUT2D eigenvalue weighted by atomic mass is 10.1. The summed E-state index contributed by atoms with van der Waals surface area (Å²) in [5.74, 6) is 0.176. The van der Waals surface area contributed by atoms with E-state index in [1.807, 2.05) is 11.9 Å². The largest absolute Gasteiger partial charge is 0.343 e. The number of rotatable bonds is 1. The minimum Gasteiger partial charge on any atom is -0.343 e. The van der Waals surface area contributed by atoms with Crippen molar-refractivity contribution in [2.75, 3.05) is 20.1 Å². The number of nitrogens with zero attached hydrogens (tertiary/aromatic N) is 2. The molecule has 0 saturated carbocycles. The van der Waals surface area contributed by atoms with Gasteiger partial charge >= 0.3 is 0 Å². The van der Waals surface area contributed by atoms with Crippen LogP contribution in [-0.2, 0) is 9.59 Å². The molecule has 72 valence electrons. The van der Waals surface area contributed by atoms with Gasteiger partial charge in [0.25, 0.3) is 0 Å². The molecule has 1 amide bonds. The molecule has 0 N–H and O–H groups in total. The molecule has 0 aromatic rings. The van der Waals surface area contributed by atoms with Gasteiger partial charge in [0.15, 0.2) is 0 Å². The van der Waals surface area contributed by atoms with Gasteiger partial charge in [0.1, 0.15) is 6.29 Å². The van der Waals surface area contributed by atoms with Crippen LogP contribution in [-0.4, -0.2) is 54.2 Å². The summed E-state index contributed by atoms with van der Waals surface area (Å²) in [7, 11) is 1.83. The topological polar surface area (TPSA) is 40.6 Å². The van der Waals surface area contributed by atoms with Crippen LogP contribution in [0.15, 0.2) is 0 Å². The van der Waals surface area contributed by atoms with Crippen LogP contribution in [0.2, 0.25) is 0 Å². The zero-order valence-electron chi connectivity index (χ0n) is 7.77. The van der Waals surface area contributed by atoms with Crippen molar-refractivity contribution in [3.05, 3.63) is 0 Å². The highest BCUT2D eigenvalue weighted by Gasteiger charge is 2.41. The molecule has 0 aromatic heterocycles. The third-order valence-electron chi connectivity index (χ3n) is 3.07. The summed E-state index contributed by atoms with van der Waals surface area (Å²) >= 11 is 0. The molecule has 2 heterocycles. The fraction of sp³-hybridized carbons (Fsp3) is 0.778. The molecule has 0 aromatic carbocycles. The average molecular weight is 182 g/mol. The predicted octanol–water partition coefficient (Wildman–Crippen LogP) is -0.510. The number of carbonyl (C=O) groups is 2. The SMILES string of the molecule is CN1CCN2[C@@H](C=O)CC[C@H]2C1=O. The van der Waals surface area contributed by atoms with E-state index >= 15 is 0 Å². The molecular formula is C9H14N2O2. The molecule has 4 heteroatoms. The van der Waals surface area contributed by atoms with Gasteiger partial charge in [0, 0.05) is 20.1 Å². The number of amides is 1. The van der Waals surface area contributed by atoms with Crippen LogP contribution in [0.4, 0.5) is 0 Å². The maximum atomic E-state index is 11.6. The number of piperazine rings is 1. The first-order chi connectivity index (χ1) is 6.24. The van der Waals surface area contributed by atoms with Gasteiger partial charge in [-0.25, -0.2) is 0 Å². The zero-order valence-corrected chi connectivity index (χ0v) is 7.77. The highest BCUT2D eigenvalue weighted by Crippen LogP contribution is 2.26. The van der Waals surface area contributed by atoms with Gasteiger partial charge in [-0.05, 0) is 12.8 Å². The van der Waals surface area contributed by atoms with Crippen molar-refractivity contribution in [1.29, 1.82) is 0 Å². The second kappa shape index (κ2) is 3.10. The molecule has 0 unspecified atom stereocenters. The Hall–Kier alpha value is -0.900. The fourth-order valence-electron chi connectivity index (χ4n) is 2.25. The van der Waals surface area contributed by atoms with Gasteiger partial charge in [0.2, 0.25) is 5.91 Å². The lowest BCUT2D eigenvalue weighted by Crippen LogP contribution is -2.55. The normalized spacial score (nSPS) is 34.8. The van der Waals surface area contributed by atoms with E-state index < -0.39 is 0 Å². The van der Waals surface area contributed by atoms with Crippen LogP contribution >= 0.6 is 0 Å². The van der Waals surface area contributed by atoms with Crippen LogP contribution < -0.4 is 0 Å². The summed E-state index contributed by atoms with van der Waals surface area (Å²) in [5.41, 5.74) is 0. The van der Waals surface area contributed by atoms with Crippen LogP contribution in [0.3, 0.4) is 0 Å². The Kier molecular flexibility index (Phi) is 2.07. The van der Waals surface area contributed by atoms with Gasteiger partial charge in [0.05, 0.1) is 12.1 Å². The third kappa shape index (κ3) is 1.25. The summed E-state index contributed by atoms with van der Waals surface area (Å²) in [6.07, 6.45) is 2.65. The molecule has 2 saturated heterocycles. The van der Waals surface area contributed by atoms with Gasteiger partial charge in [-0.3, -0.25) is 9.69 Å². The second-order valence-electron chi connectivity index (χ2n) is 3.79. The highest BCUT2D eigenvalue weighted by molar-refractivity contribution is 5.83. The van der Waals surface area contributed by atoms with Crippen molar-refractivity contribution in [2.45, 2.75) is 24.9 Å². The molecule has 0 radical (unpaired) electrons. The molecule has 2 rings (SSSR count). The van der Waals surface area contributed by atoms with E-state index in [1.165, 1.54) is 0 Å². The summed E-state index contributed by atoms with van der Waals surface area (Å²) in [6.45, 7) is 1.59. The van der Waals surface area contributed by atoms with E-state index in [2.05, 4.69) is 0 Å². The highest BCUT2D eigenvalue weighted by atomic mass is 16.2. The number of likely N-dealkylation sites (N-methyl/N-ethyl adjacent to an activating group) is 1. The molecule has 2 aliphatic heterocycles. The number of hydrogen-bond acceptors (Lipinski definition) is 3. The summed E-state index contributed by atoms with van der Waals surface area (Å²) in [5, 5.41) is 0. The molecular weight excluding hydrogens is 168 g/mol. The Morgan fingerprint density at radius 3 is 2.85 bits per heavy atom. The molecule has 0 spiro atoms. The zero-order chi connectivity index (χ0) is 9.42. The quantitative estimate of drug-likeness (QED) is 0.513. The minimum atomic E-state index is -0.0195. The molecule has 2 aliphatic rings. The summed E-state index contributed by atoms with van der Waals surface area (Å²) in [4.78, 5) is 26.1. The van der Waals surface area contributed by atoms with Gasteiger partial charge < -0.3 is 9.69 Å². The lowest BCUT2D eigenvalue weighted by molar-refractivity contribution is -0.139. The lowest BCUT2D eigenvalue weighted by Gasteiger charge is -2.36. The summed E-state index contributed by atoms with van der Waals surface area (Å²) in [6, 6.07) is -0.0309. The van der Waals surface area contributed by atoms with Crippen molar-refractivity contribution in [2.24, 2.45) is 0 Å². The Bertz CT molecular complexity index is 242. The van der Waals surface area contributed by atoms with Gasteiger partial charge in [-0.2, -0.15) is 0 Å². The molecule has 2 fully saturated rings. The first-order valence-corrected chi connectivity index (χ1v) is 4.70.